The van der Waals surface area contributed by atoms with Gasteiger partial charge in [0, 0.05) is 65.7 Å². The number of rotatable bonds is 7. The first kappa shape index (κ1) is 27.4. The minimum Gasteiger partial charge on any atom is -0.338 e. The molecule has 0 unspecified atom stereocenters. The third-order valence-electron chi connectivity index (χ3n) is 8.20. The number of hydrogen-bond donors (Lipinski definition) is 0. The Kier molecular flexibility index (Phi) is 6.61. The number of nitrogens with zero attached hydrogens (tertiary/aromatic N) is 7. The molecule has 0 atom stereocenters. The third-order valence-corrected chi connectivity index (χ3v) is 8.20. The summed E-state index contributed by atoms with van der Waals surface area (Å²) in [6, 6.07) is 40.1. The quantitative estimate of drug-likeness (QED) is 0.182. The molecule has 0 aliphatic rings. The monoisotopic (exact) mass is 603 g/mol. The summed E-state index contributed by atoms with van der Waals surface area (Å²) >= 11 is 0. The number of benzene rings is 5. The van der Waals surface area contributed by atoms with Gasteiger partial charge in [-0.3, -0.25) is 9.80 Å². The van der Waals surface area contributed by atoms with Gasteiger partial charge in [-0.1, -0.05) is 36.4 Å². The van der Waals surface area contributed by atoms with Gasteiger partial charge in [0.2, 0.25) is 0 Å². The lowest BCUT2D eigenvalue weighted by Crippen LogP contribution is -2.10. The number of hydrogen-bond acceptors (Lipinski definition) is 4. The zero-order valence-corrected chi connectivity index (χ0v) is 25.4. The smallest absolute Gasteiger partial charge is 0.155 e. The predicted octanol–water partition coefficient (Wildman–Crippen LogP) is 9.33. The predicted molar refractivity (Wildman–Crippen MR) is 184 cm³/mol. The van der Waals surface area contributed by atoms with Gasteiger partial charge in [-0.25, -0.2) is 14.4 Å². The molecule has 0 amide bonds. The summed E-state index contributed by atoms with van der Waals surface area (Å²) < 4.78 is 20.1. The number of aromatic nitrogens is 5. The summed E-state index contributed by atoms with van der Waals surface area (Å²) in [5, 5.41) is 2.12. The van der Waals surface area contributed by atoms with Gasteiger partial charge < -0.3 is 13.7 Å². The van der Waals surface area contributed by atoms with Crippen LogP contribution in [0.1, 0.15) is 0 Å². The summed E-state index contributed by atoms with van der Waals surface area (Å²) in [6.07, 6.45) is 7.65. The number of fused-ring (bicyclic) bond motifs is 3. The second kappa shape index (κ2) is 11.1. The van der Waals surface area contributed by atoms with Crippen LogP contribution in [0.3, 0.4) is 0 Å². The lowest BCUT2D eigenvalue weighted by atomic mass is 10.1. The van der Waals surface area contributed by atoms with Crippen molar-refractivity contribution in [2.45, 2.75) is 0 Å². The molecular weight excluding hydrogens is 573 g/mol. The molecule has 0 N–H and O–H groups in total. The van der Waals surface area contributed by atoms with E-state index in [0.717, 1.165) is 61.9 Å². The zero-order valence-electron chi connectivity index (χ0n) is 25.4. The minimum absolute atomic E-state index is 0.267. The highest BCUT2D eigenvalue weighted by Gasteiger charge is 2.21. The molecular formula is C38H30FN7. The van der Waals surface area contributed by atoms with E-state index in [4.69, 9.17) is 9.97 Å². The SMILES string of the molecule is Cn1cnc(N(c2ccccc2)c2ccc3c(c2)c2cc(N(c4ccccc4)c4cn(C)cn4)ccc2n3-c2ccc(F)cc2)c1. The summed E-state index contributed by atoms with van der Waals surface area (Å²) in [6.45, 7) is 0. The molecule has 0 saturated heterocycles. The fourth-order valence-corrected chi connectivity index (χ4v) is 6.16. The van der Waals surface area contributed by atoms with Crippen molar-refractivity contribution in [2.24, 2.45) is 14.1 Å². The van der Waals surface area contributed by atoms with Crippen LogP contribution in [0.25, 0.3) is 27.5 Å². The Morgan fingerprint density at radius 2 is 0.978 bits per heavy atom. The van der Waals surface area contributed by atoms with E-state index < -0.39 is 0 Å². The summed E-state index contributed by atoms with van der Waals surface area (Å²) in [5.74, 6) is 1.37. The molecule has 0 spiro atoms. The Morgan fingerprint density at radius 3 is 1.39 bits per heavy atom. The van der Waals surface area contributed by atoms with E-state index in [-0.39, 0.29) is 5.82 Å². The van der Waals surface area contributed by atoms with E-state index in [2.05, 4.69) is 75.0 Å². The number of halogens is 1. The Labute approximate surface area is 265 Å². The molecule has 0 aliphatic heterocycles. The molecule has 0 radical (unpaired) electrons. The first-order valence-corrected chi connectivity index (χ1v) is 15.0. The van der Waals surface area contributed by atoms with Crippen molar-refractivity contribution in [3.63, 3.8) is 0 Å². The number of imidazole rings is 2. The van der Waals surface area contributed by atoms with E-state index in [1.807, 2.05) is 96.8 Å². The van der Waals surface area contributed by atoms with Gasteiger partial charge in [0.05, 0.1) is 23.7 Å². The van der Waals surface area contributed by atoms with Crippen LogP contribution in [0.4, 0.5) is 38.8 Å². The fraction of sp³-hybridized carbons (Fsp3) is 0.0526. The lowest BCUT2D eigenvalue weighted by Gasteiger charge is -2.23. The molecule has 7 nitrogen and oxygen atoms in total. The maximum atomic E-state index is 14.1. The number of para-hydroxylation sites is 2. The van der Waals surface area contributed by atoms with Crippen LogP contribution in [0.15, 0.2) is 146 Å². The Balaban J connectivity index is 1.39. The van der Waals surface area contributed by atoms with E-state index >= 15 is 0 Å². The van der Waals surface area contributed by atoms with Gasteiger partial charge in [-0.2, -0.15) is 0 Å². The maximum absolute atomic E-state index is 14.1. The molecule has 0 bridgehead atoms. The van der Waals surface area contributed by atoms with Gasteiger partial charge in [-0.05, 0) is 84.9 Å². The molecule has 224 valence electrons. The van der Waals surface area contributed by atoms with Crippen molar-refractivity contribution < 1.29 is 4.39 Å². The van der Waals surface area contributed by atoms with Crippen LogP contribution in [0, 0.1) is 5.82 Å². The van der Waals surface area contributed by atoms with Gasteiger partial charge in [0.1, 0.15) is 5.82 Å². The van der Waals surface area contributed by atoms with Crippen LogP contribution in [-0.2, 0) is 14.1 Å². The zero-order chi connectivity index (χ0) is 31.2. The standard InChI is InChI=1S/C38H30FN7/c1-42-23-37(40-25-42)44(28-9-5-3-6-10-28)31-17-19-35-33(21-31)34-22-32(18-20-36(34)46(35)30-15-13-27(39)14-16-30)45(29-11-7-4-8-12-29)38-24-43(2)26-41-38/h3-26H,1-2H3. The topological polar surface area (TPSA) is 47.1 Å². The average Bonchev–Trinajstić information content (AvgIpc) is 3.80. The molecule has 5 aromatic carbocycles. The summed E-state index contributed by atoms with van der Waals surface area (Å²) in [5.41, 5.74) is 6.89. The fourth-order valence-electron chi connectivity index (χ4n) is 6.16. The minimum atomic E-state index is -0.267. The Morgan fingerprint density at radius 1 is 0.522 bits per heavy atom. The normalized spacial score (nSPS) is 11.4. The second-order valence-corrected chi connectivity index (χ2v) is 11.4. The van der Waals surface area contributed by atoms with Crippen LogP contribution in [-0.4, -0.2) is 23.7 Å². The van der Waals surface area contributed by atoms with E-state index in [0.29, 0.717) is 0 Å². The molecule has 0 fully saturated rings. The first-order chi connectivity index (χ1) is 22.5. The largest absolute Gasteiger partial charge is 0.338 e. The Bertz CT molecular complexity index is 2160. The highest BCUT2D eigenvalue weighted by atomic mass is 19.1. The Hall–Kier alpha value is -6.15. The van der Waals surface area contributed by atoms with Gasteiger partial charge in [-0.15, -0.1) is 0 Å². The maximum Gasteiger partial charge on any atom is 0.155 e. The molecule has 8 aromatic rings. The van der Waals surface area contributed by atoms with Crippen LogP contribution < -0.4 is 9.80 Å². The summed E-state index contributed by atoms with van der Waals surface area (Å²) in [7, 11) is 3.95. The van der Waals surface area contributed by atoms with E-state index in [1.54, 1.807) is 0 Å². The van der Waals surface area contributed by atoms with Crippen molar-refractivity contribution in [2.75, 3.05) is 9.80 Å². The van der Waals surface area contributed by atoms with E-state index in [1.165, 1.54) is 12.1 Å². The average molecular weight is 604 g/mol. The van der Waals surface area contributed by atoms with Crippen molar-refractivity contribution in [3.05, 3.63) is 152 Å². The van der Waals surface area contributed by atoms with Crippen LogP contribution in [0.5, 0.6) is 0 Å². The third kappa shape index (κ3) is 4.77. The number of anilines is 6. The highest BCUT2D eigenvalue weighted by Crippen LogP contribution is 2.42. The van der Waals surface area contributed by atoms with Gasteiger partial charge in [0.25, 0.3) is 0 Å². The molecule has 8 rings (SSSR count). The molecule has 8 heteroatoms. The molecule has 46 heavy (non-hydrogen) atoms. The van der Waals surface area contributed by atoms with E-state index in [9.17, 15) is 4.39 Å². The lowest BCUT2D eigenvalue weighted by molar-refractivity contribution is 0.627. The van der Waals surface area contributed by atoms with Crippen molar-refractivity contribution in [1.29, 1.82) is 0 Å². The van der Waals surface area contributed by atoms with Gasteiger partial charge >= 0.3 is 0 Å². The second-order valence-electron chi connectivity index (χ2n) is 11.4. The van der Waals surface area contributed by atoms with Crippen LogP contribution in [0.2, 0.25) is 0 Å². The summed E-state index contributed by atoms with van der Waals surface area (Å²) in [4.78, 5) is 13.7. The molecule has 3 aromatic heterocycles. The number of aryl methyl sites for hydroxylation is 2. The molecule has 0 aliphatic carbocycles. The van der Waals surface area contributed by atoms with Gasteiger partial charge in [0.15, 0.2) is 11.6 Å². The first-order valence-electron chi connectivity index (χ1n) is 15.0. The van der Waals surface area contributed by atoms with Crippen molar-refractivity contribution in [1.82, 2.24) is 23.7 Å². The van der Waals surface area contributed by atoms with Crippen LogP contribution >= 0.6 is 0 Å². The van der Waals surface area contributed by atoms with Crippen molar-refractivity contribution >= 4 is 56.2 Å². The van der Waals surface area contributed by atoms with Crippen molar-refractivity contribution in [3.8, 4) is 5.69 Å². The highest BCUT2D eigenvalue weighted by molar-refractivity contribution is 6.12. The molecule has 3 heterocycles. The molecule has 0 saturated carbocycles.